The van der Waals surface area contributed by atoms with Crippen molar-refractivity contribution in [3.8, 4) is 0 Å². The summed E-state index contributed by atoms with van der Waals surface area (Å²) in [4.78, 5) is 14.7. The highest BCUT2D eigenvalue weighted by atomic mass is 16.6. The van der Waals surface area contributed by atoms with E-state index in [-0.39, 0.29) is 6.09 Å². The third kappa shape index (κ3) is 5.10. The molecule has 1 saturated carbocycles. The van der Waals surface area contributed by atoms with Crippen LogP contribution in [-0.2, 0) is 4.74 Å². The Bertz CT molecular complexity index is 391. The smallest absolute Gasteiger partial charge is 0.410 e. The van der Waals surface area contributed by atoms with Crippen molar-refractivity contribution in [3.05, 3.63) is 0 Å². The Balaban J connectivity index is 2.06. The number of rotatable bonds is 4. The van der Waals surface area contributed by atoms with Crippen molar-refractivity contribution in [2.24, 2.45) is 5.92 Å². The fourth-order valence-electron chi connectivity index (χ4n) is 4.09. The third-order valence-electron chi connectivity index (χ3n) is 5.35. The number of likely N-dealkylation sites (tertiary alicyclic amines) is 1. The van der Waals surface area contributed by atoms with E-state index in [0.29, 0.717) is 24.0 Å². The summed E-state index contributed by atoms with van der Waals surface area (Å²) in [5.41, 5.74) is -0.414. The van der Waals surface area contributed by atoms with Gasteiger partial charge >= 0.3 is 6.09 Å². The maximum absolute atomic E-state index is 12.6. The van der Waals surface area contributed by atoms with E-state index in [1.165, 1.54) is 25.7 Å². The zero-order chi connectivity index (χ0) is 17.0. The van der Waals surface area contributed by atoms with Crippen LogP contribution in [0, 0.1) is 5.92 Å². The van der Waals surface area contributed by atoms with Crippen LogP contribution < -0.4 is 5.32 Å². The van der Waals surface area contributed by atoms with Gasteiger partial charge in [-0.25, -0.2) is 4.79 Å². The van der Waals surface area contributed by atoms with Crippen LogP contribution in [-0.4, -0.2) is 41.3 Å². The summed E-state index contributed by atoms with van der Waals surface area (Å²) in [6.45, 7) is 11.2. The van der Waals surface area contributed by atoms with Crippen molar-refractivity contribution in [2.45, 2.75) is 103 Å². The highest BCUT2D eigenvalue weighted by Gasteiger charge is 2.40. The molecule has 2 aliphatic rings. The Morgan fingerprint density at radius 3 is 2.61 bits per heavy atom. The number of hydrogen-bond acceptors (Lipinski definition) is 3. The Hall–Kier alpha value is -0.770. The van der Waals surface area contributed by atoms with E-state index >= 15 is 0 Å². The Kier molecular flexibility index (Phi) is 6.35. The van der Waals surface area contributed by atoms with Gasteiger partial charge in [0.2, 0.25) is 0 Å². The first kappa shape index (κ1) is 18.6. The van der Waals surface area contributed by atoms with Crippen molar-refractivity contribution >= 4 is 6.09 Å². The van der Waals surface area contributed by atoms with Crippen LogP contribution in [0.2, 0.25) is 0 Å². The molecule has 1 heterocycles. The summed E-state index contributed by atoms with van der Waals surface area (Å²) in [5, 5.41) is 3.80. The molecule has 1 aliphatic carbocycles. The minimum atomic E-state index is -0.414. The minimum absolute atomic E-state index is 0.114. The lowest BCUT2D eigenvalue weighted by atomic mass is 9.86. The zero-order valence-electron chi connectivity index (χ0n) is 15.7. The molecule has 1 N–H and O–H groups in total. The first-order valence-corrected chi connectivity index (χ1v) is 9.57. The average Bonchev–Trinajstić information content (AvgIpc) is 2.93. The summed E-state index contributed by atoms with van der Waals surface area (Å²) in [6.07, 6.45) is 8.26. The minimum Gasteiger partial charge on any atom is -0.444 e. The SMILES string of the molecule is CCC(C)NC1CCCC1C1CCCCN1C(=O)OC(C)(C)C. The predicted molar refractivity (Wildman–Crippen MR) is 94.6 cm³/mol. The maximum Gasteiger partial charge on any atom is 0.410 e. The molecule has 1 amide bonds. The molecule has 0 spiro atoms. The molecule has 0 aromatic rings. The molecule has 2 rings (SSSR count). The summed E-state index contributed by atoms with van der Waals surface area (Å²) in [7, 11) is 0. The second-order valence-electron chi connectivity index (χ2n) is 8.41. The second kappa shape index (κ2) is 7.87. The quantitative estimate of drug-likeness (QED) is 0.836. The standard InChI is InChI=1S/C19H36N2O2/c1-6-14(2)20-16-11-9-10-15(16)17-12-7-8-13-21(17)18(22)23-19(3,4)5/h14-17,20H,6-13H2,1-5H3. The lowest BCUT2D eigenvalue weighted by Crippen LogP contribution is -2.53. The van der Waals surface area contributed by atoms with Crippen LogP contribution in [0.4, 0.5) is 4.79 Å². The van der Waals surface area contributed by atoms with Crippen LogP contribution in [0.3, 0.4) is 0 Å². The summed E-state index contributed by atoms with van der Waals surface area (Å²) < 4.78 is 5.67. The number of piperidine rings is 1. The number of nitrogens with zero attached hydrogens (tertiary/aromatic N) is 1. The van der Waals surface area contributed by atoms with Gasteiger partial charge in [0.25, 0.3) is 0 Å². The molecule has 23 heavy (non-hydrogen) atoms. The number of carbonyl (C=O) groups excluding carboxylic acids is 1. The molecule has 1 saturated heterocycles. The van der Waals surface area contributed by atoms with Gasteiger partial charge in [-0.3, -0.25) is 0 Å². The first-order valence-electron chi connectivity index (χ1n) is 9.57. The third-order valence-corrected chi connectivity index (χ3v) is 5.35. The zero-order valence-corrected chi connectivity index (χ0v) is 15.7. The molecule has 4 nitrogen and oxygen atoms in total. The molecule has 0 bridgehead atoms. The van der Waals surface area contributed by atoms with E-state index in [4.69, 9.17) is 4.74 Å². The second-order valence-corrected chi connectivity index (χ2v) is 8.41. The van der Waals surface area contributed by atoms with Crippen LogP contribution in [0.5, 0.6) is 0 Å². The van der Waals surface area contributed by atoms with Gasteiger partial charge in [0.15, 0.2) is 0 Å². The molecular weight excluding hydrogens is 288 g/mol. The van der Waals surface area contributed by atoms with Gasteiger partial charge in [0.05, 0.1) is 0 Å². The van der Waals surface area contributed by atoms with Crippen molar-refractivity contribution in [3.63, 3.8) is 0 Å². The Morgan fingerprint density at radius 1 is 1.22 bits per heavy atom. The lowest BCUT2D eigenvalue weighted by molar-refractivity contribution is -0.000325. The van der Waals surface area contributed by atoms with E-state index < -0.39 is 5.60 Å². The molecule has 0 radical (unpaired) electrons. The molecular formula is C19H36N2O2. The Morgan fingerprint density at radius 2 is 1.96 bits per heavy atom. The van der Waals surface area contributed by atoms with Gasteiger partial charge in [0, 0.05) is 24.7 Å². The van der Waals surface area contributed by atoms with Crippen LogP contribution in [0.15, 0.2) is 0 Å². The molecule has 0 aromatic carbocycles. The van der Waals surface area contributed by atoms with Crippen LogP contribution in [0.1, 0.15) is 79.6 Å². The van der Waals surface area contributed by atoms with Gasteiger partial charge in [-0.1, -0.05) is 13.3 Å². The largest absolute Gasteiger partial charge is 0.444 e. The van der Waals surface area contributed by atoms with Crippen molar-refractivity contribution < 1.29 is 9.53 Å². The Labute approximate surface area is 142 Å². The molecule has 2 fully saturated rings. The van der Waals surface area contributed by atoms with Crippen LogP contribution in [0.25, 0.3) is 0 Å². The van der Waals surface area contributed by atoms with Gasteiger partial charge in [-0.05, 0) is 72.1 Å². The normalized spacial score (nSPS) is 30.3. The monoisotopic (exact) mass is 324 g/mol. The highest BCUT2D eigenvalue weighted by molar-refractivity contribution is 5.68. The van der Waals surface area contributed by atoms with Crippen LogP contribution >= 0.6 is 0 Å². The van der Waals surface area contributed by atoms with E-state index in [1.807, 2.05) is 25.7 Å². The van der Waals surface area contributed by atoms with E-state index in [9.17, 15) is 4.79 Å². The highest BCUT2D eigenvalue weighted by Crippen LogP contribution is 2.36. The molecule has 0 aromatic heterocycles. The predicted octanol–water partition coefficient (Wildman–Crippen LogP) is 4.33. The summed E-state index contributed by atoms with van der Waals surface area (Å²) >= 11 is 0. The van der Waals surface area contributed by atoms with Crippen molar-refractivity contribution in [1.29, 1.82) is 0 Å². The summed E-state index contributed by atoms with van der Waals surface area (Å²) in [5.74, 6) is 0.580. The van der Waals surface area contributed by atoms with E-state index in [0.717, 1.165) is 25.8 Å². The number of nitrogens with one attached hydrogen (secondary N) is 1. The molecule has 134 valence electrons. The molecule has 4 unspecified atom stereocenters. The van der Waals surface area contributed by atoms with Gasteiger partial charge in [-0.15, -0.1) is 0 Å². The number of hydrogen-bond donors (Lipinski definition) is 1. The first-order chi connectivity index (χ1) is 10.8. The van der Waals surface area contributed by atoms with Gasteiger partial charge in [-0.2, -0.15) is 0 Å². The molecule has 4 heteroatoms. The van der Waals surface area contributed by atoms with Gasteiger partial charge in [0.1, 0.15) is 5.60 Å². The van der Waals surface area contributed by atoms with Crippen molar-refractivity contribution in [2.75, 3.05) is 6.54 Å². The number of amides is 1. The fraction of sp³-hybridized carbons (Fsp3) is 0.947. The topological polar surface area (TPSA) is 41.6 Å². The number of ether oxygens (including phenoxy) is 1. The van der Waals surface area contributed by atoms with Crippen molar-refractivity contribution in [1.82, 2.24) is 10.2 Å². The molecule has 4 atom stereocenters. The van der Waals surface area contributed by atoms with E-state index in [2.05, 4.69) is 19.2 Å². The van der Waals surface area contributed by atoms with E-state index in [1.54, 1.807) is 0 Å². The lowest BCUT2D eigenvalue weighted by Gasteiger charge is -2.42. The van der Waals surface area contributed by atoms with Gasteiger partial charge < -0.3 is 15.0 Å². The summed E-state index contributed by atoms with van der Waals surface area (Å²) in [6, 6.07) is 1.46. The maximum atomic E-state index is 12.6. The fourth-order valence-corrected chi connectivity index (χ4v) is 4.09. The molecule has 1 aliphatic heterocycles. The average molecular weight is 325 g/mol. The number of carbonyl (C=O) groups is 1.